The number of piperazine rings is 1. The van der Waals surface area contributed by atoms with E-state index in [0.717, 1.165) is 18.9 Å². The van der Waals surface area contributed by atoms with Crippen molar-refractivity contribution in [2.75, 3.05) is 33.2 Å². The van der Waals surface area contributed by atoms with Gasteiger partial charge in [-0.25, -0.2) is 0 Å². The maximum atomic E-state index is 5.66. The van der Waals surface area contributed by atoms with Gasteiger partial charge < -0.3 is 10.6 Å². The molecule has 2 unspecified atom stereocenters. The molecule has 2 N–H and O–H groups in total. The second-order valence-corrected chi connectivity index (χ2v) is 5.37. The summed E-state index contributed by atoms with van der Waals surface area (Å²) in [6, 6.07) is 1.34. The maximum absolute atomic E-state index is 5.66. The zero-order valence-corrected chi connectivity index (χ0v) is 10.7. The van der Waals surface area contributed by atoms with Crippen LogP contribution in [0.1, 0.15) is 27.2 Å². The Labute approximate surface area is 94.6 Å². The van der Waals surface area contributed by atoms with Crippen molar-refractivity contribution in [3.8, 4) is 0 Å². The van der Waals surface area contributed by atoms with Crippen LogP contribution in [0.4, 0.5) is 0 Å². The Balaban J connectivity index is 2.50. The van der Waals surface area contributed by atoms with Gasteiger partial charge in [-0.3, -0.25) is 4.90 Å². The molecule has 0 radical (unpaired) electrons. The smallest absolute Gasteiger partial charge is 0.0232 e. The zero-order chi connectivity index (χ0) is 11.4. The van der Waals surface area contributed by atoms with Crippen molar-refractivity contribution >= 4 is 0 Å². The van der Waals surface area contributed by atoms with Gasteiger partial charge in [0, 0.05) is 31.7 Å². The minimum absolute atomic E-state index is 0.657. The molecule has 0 aliphatic carbocycles. The molecular formula is C12H27N3. The quantitative estimate of drug-likeness (QED) is 0.756. The Morgan fingerprint density at radius 2 is 2.00 bits per heavy atom. The van der Waals surface area contributed by atoms with Crippen LogP contribution in [0, 0.1) is 5.92 Å². The summed E-state index contributed by atoms with van der Waals surface area (Å²) in [5.74, 6) is 0.759. The van der Waals surface area contributed by atoms with Crippen molar-refractivity contribution in [1.29, 1.82) is 0 Å². The van der Waals surface area contributed by atoms with Gasteiger partial charge in [0.05, 0.1) is 0 Å². The predicted molar refractivity (Wildman–Crippen MR) is 66.0 cm³/mol. The van der Waals surface area contributed by atoms with Gasteiger partial charge in [0.25, 0.3) is 0 Å². The van der Waals surface area contributed by atoms with E-state index in [1.165, 1.54) is 19.6 Å². The molecule has 3 heteroatoms. The number of rotatable bonds is 4. The molecule has 0 aromatic rings. The van der Waals surface area contributed by atoms with Crippen LogP contribution in [0.2, 0.25) is 0 Å². The second-order valence-electron chi connectivity index (χ2n) is 5.37. The van der Waals surface area contributed by atoms with E-state index in [0.29, 0.717) is 12.1 Å². The highest BCUT2D eigenvalue weighted by molar-refractivity contribution is 4.85. The lowest BCUT2D eigenvalue weighted by atomic mass is 10.0. The molecule has 0 spiro atoms. The van der Waals surface area contributed by atoms with Crippen molar-refractivity contribution in [1.82, 2.24) is 9.80 Å². The summed E-state index contributed by atoms with van der Waals surface area (Å²) in [6.07, 6.45) is 1.12. The van der Waals surface area contributed by atoms with E-state index in [2.05, 4.69) is 37.6 Å². The summed E-state index contributed by atoms with van der Waals surface area (Å²) in [7, 11) is 2.23. The van der Waals surface area contributed by atoms with Crippen LogP contribution >= 0.6 is 0 Å². The molecule has 0 aromatic carbocycles. The van der Waals surface area contributed by atoms with Crippen molar-refractivity contribution in [2.45, 2.75) is 39.3 Å². The third-order valence-electron chi connectivity index (χ3n) is 3.34. The molecule has 0 aromatic heterocycles. The van der Waals surface area contributed by atoms with E-state index in [1.54, 1.807) is 0 Å². The standard InChI is InChI=1S/C12H27N3/c1-10(2)7-15-9-12(5-6-13)14(4)8-11(15)3/h10-12H,5-9,13H2,1-4H3. The fourth-order valence-corrected chi connectivity index (χ4v) is 2.50. The van der Waals surface area contributed by atoms with Gasteiger partial charge in [0.1, 0.15) is 0 Å². The molecular weight excluding hydrogens is 186 g/mol. The lowest BCUT2D eigenvalue weighted by Crippen LogP contribution is -2.56. The second kappa shape index (κ2) is 5.83. The van der Waals surface area contributed by atoms with Gasteiger partial charge in [0.15, 0.2) is 0 Å². The number of nitrogens with two attached hydrogens (primary N) is 1. The Kier molecular flexibility index (Phi) is 5.03. The number of hydrogen-bond donors (Lipinski definition) is 1. The van der Waals surface area contributed by atoms with E-state index < -0.39 is 0 Å². The lowest BCUT2D eigenvalue weighted by Gasteiger charge is -2.44. The van der Waals surface area contributed by atoms with Gasteiger partial charge in [-0.2, -0.15) is 0 Å². The monoisotopic (exact) mass is 213 g/mol. The summed E-state index contributed by atoms with van der Waals surface area (Å²) in [5.41, 5.74) is 5.66. The molecule has 0 bridgehead atoms. The number of hydrogen-bond acceptors (Lipinski definition) is 3. The van der Waals surface area contributed by atoms with Crippen molar-refractivity contribution < 1.29 is 0 Å². The first-order chi connectivity index (χ1) is 7.04. The predicted octanol–water partition coefficient (Wildman–Crippen LogP) is 0.996. The minimum atomic E-state index is 0.657. The molecule has 1 aliphatic heterocycles. The van der Waals surface area contributed by atoms with Gasteiger partial charge in [-0.1, -0.05) is 13.8 Å². The first-order valence-corrected chi connectivity index (χ1v) is 6.19. The maximum Gasteiger partial charge on any atom is 0.0232 e. The molecule has 15 heavy (non-hydrogen) atoms. The van der Waals surface area contributed by atoms with Crippen LogP contribution in [0.5, 0.6) is 0 Å². The highest BCUT2D eigenvalue weighted by Crippen LogP contribution is 2.16. The van der Waals surface area contributed by atoms with E-state index in [9.17, 15) is 0 Å². The highest BCUT2D eigenvalue weighted by Gasteiger charge is 2.28. The molecule has 1 rings (SSSR count). The fraction of sp³-hybridized carbons (Fsp3) is 1.00. The van der Waals surface area contributed by atoms with Crippen molar-refractivity contribution in [3.05, 3.63) is 0 Å². The van der Waals surface area contributed by atoms with Gasteiger partial charge in [-0.05, 0) is 32.9 Å². The average Bonchev–Trinajstić information content (AvgIpc) is 2.12. The molecule has 1 fully saturated rings. The van der Waals surface area contributed by atoms with Crippen LogP contribution in [0.15, 0.2) is 0 Å². The summed E-state index contributed by atoms with van der Waals surface area (Å²) in [4.78, 5) is 5.08. The van der Waals surface area contributed by atoms with Gasteiger partial charge in [0.2, 0.25) is 0 Å². The lowest BCUT2D eigenvalue weighted by molar-refractivity contribution is 0.0422. The molecule has 1 aliphatic rings. The van der Waals surface area contributed by atoms with E-state index in [4.69, 9.17) is 5.73 Å². The number of likely N-dealkylation sites (N-methyl/N-ethyl adjacent to an activating group) is 1. The van der Waals surface area contributed by atoms with Crippen LogP contribution in [-0.4, -0.2) is 55.1 Å². The largest absolute Gasteiger partial charge is 0.330 e. The highest BCUT2D eigenvalue weighted by atomic mass is 15.3. The van der Waals surface area contributed by atoms with Crippen molar-refractivity contribution in [3.63, 3.8) is 0 Å². The molecule has 1 saturated heterocycles. The minimum Gasteiger partial charge on any atom is -0.330 e. The Bertz CT molecular complexity index is 182. The third kappa shape index (κ3) is 3.74. The topological polar surface area (TPSA) is 32.5 Å². The Morgan fingerprint density at radius 3 is 2.53 bits per heavy atom. The molecule has 3 nitrogen and oxygen atoms in total. The van der Waals surface area contributed by atoms with Crippen LogP contribution in [0.25, 0.3) is 0 Å². The van der Waals surface area contributed by atoms with Crippen LogP contribution < -0.4 is 5.73 Å². The van der Waals surface area contributed by atoms with Crippen molar-refractivity contribution in [2.24, 2.45) is 11.7 Å². The normalized spacial score (nSPS) is 30.0. The van der Waals surface area contributed by atoms with Crippen LogP contribution in [0.3, 0.4) is 0 Å². The zero-order valence-electron chi connectivity index (χ0n) is 10.7. The van der Waals surface area contributed by atoms with Crippen LogP contribution in [-0.2, 0) is 0 Å². The SMILES string of the molecule is CC(C)CN1CC(CCN)N(C)CC1C. The molecule has 90 valence electrons. The Hall–Kier alpha value is -0.120. The molecule has 2 atom stereocenters. The van der Waals surface area contributed by atoms with E-state index in [1.807, 2.05) is 0 Å². The summed E-state index contributed by atoms with van der Waals surface area (Å²) < 4.78 is 0. The van der Waals surface area contributed by atoms with E-state index >= 15 is 0 Å². The third-order valence-corrected chi connectivity index (χ3v) is 3.34. The summed E-state index contributed by atoms with van der Waals surface area (Å²) >= 11 is 0. The molecule has 0 amide bonds. The Morgan fingerprint density at radius 1 is 1.33 bits per heavy atom. The fourth-order valence-electron chi connectivity index (χ4n) is 2.50. The first-order valence-electron chi connectivity index (χ1n) is 6.19. The first kappa shape index (κ1) is 12.9. The average molecular weight is 213 g/mol. The molecule has 0 saturated carbocycles. The summed E-state index contributed by atoms with van der Waals surface area (Å²) in [5, 5.41) is 0. The van der Waals surface area contributed by atoms with Gasteiger partial charge >= 0.3 is 0 Å². The molecule has 1 heterocycles. The summed E-state index contributed by atoms with van der Waals surface area (Å²) in [6.45, 7) is 11.3. The van der Waals surface area contributed by atoms with Gasteiger partial charge in [-0.15, -0.1) is 0 Å². The van der Waals surface area contributed by atoms with E-state index in [-0.39, 0.29) is 0 Å². The number of nitrogens with zero attached hydrogens (tertiary/aromatic N) is 2.